The van der Waals surface area contributed by atoms with E-state index in [1.807, 2.05) is 13.8 Å². The Balaban J connectivity index is 1.56. The number of carbonyl (C=O) groups excluding carboxylic acids is 1. The van der Waals surface area contributed by atoms with Gasteiger partial charge in [0.2, 0.25) is 0 Å². The van der Waals surface area contributed by atoms with Crippen molar-refractivity contribution in [2.45, 2.75) is 51.0 Å². The van der Waals surface area contributed by atoms with Crippen LogP contribution in [0.1, 0.15) is 43.5 Å². The van der Waals surface area contributed by atoms with E-state index in [1.54, 1.807) is 18.5 Å². The van der Waals surface area contributed by atoms with Crippen molar-refractivity contribution in [2.75, 3.05) is 18.0 Å². The number of alkyl halides is 2. The van der Waals surface area contributed by atoms with Gasteiger partial charge in [-0.15, -0.1) is 8.78 Å². The highest BCUT2D eigenvalue weighted by atomic mass is 19.3. The van der Waals surface area contributed by atoms with Crippen LogP contribution in [0.4, 0.5) is 14.5 Å². The van der Waals surface area contributed by atoms with Crippen LogP contribution in [0.25, 0.3) is 11.1 Å². The third-order valence-corrected chi connectivity index (χ3v) is 6.38. The quantitative estimate of drug-likeness (QED) is 0.734. The monoisotopic (exact) mass is 444 g/mol. The van der Waals surface area contributed by atoms with Crippen LogP contribution in [0.2, 0.25) is 0 Å². The van der Waals surface area contributed by atoms with E-state index in [9.17, 15) is 13.6 Å². The number of aromatic nitrogens is 1. The van der Waals surface area contributed by atoms with Crippen molar-refractivity contribution < 1.29 is 23.0 Å². The van der Waals surface area contributed by atoms with Gasteiger partial charge >= 0.3 is 6.29 Å². The van der Waals surface area contributed by atoms with Gasteiger partial charge in [-0.25, -0.2) is 0 Å². The molecular formula is C23H26F2N4O3. The highest BCUT2D eigenvalue weighted by molar-refractivity contribution is 6.03. The fraction of sp³-hybridized carbons (Fsp3) is 0.478. The normalized spacial score (nSPS) is 24.5. The number of anilines is 1. The number of halogens is 2. The Labute approximate surface area is 184 Å². The second-order valence-electron chi connectivity index (χ2n) is 9.34. The van der Waals surface area contributed by atoms with Crippen molar-refractivity contribution in [2.24, 2.45) is 11.7 Å². The maximum absolute atomic E-state index is 13.5. The molecule has 0 spiro atoms. The highest BCUT2D eigenvalue weighted by Gasteiger charge is 2.43. The predicted octanol–water partition coefficient (Wildman–Crippen LogP) is 3.53. The summed E-state index contributed by atoms with van der Waals surface area (Å²) in [6.45, 7) is 5.22. The SMILES string of the molecule is CC(NC(=O)c1cncc(-c2ccc3c(c2)OC(F)(F)O3)c1N1CC[C@](C)(N)C1)C1CC1. The zero-order chi connectivity index (χ0) is 22.7. The average molecular weight is 444 g/mol. The van der Waals surface area contributed by atoms with Crippen molar-refractivity contribution in [1.29, 1.82) is 0 Å². The van der Waals surface area contributed by atoms with E-state index in [0.717, 1.165) is 19.3 Å². The number of nitrogens with two attached hydrogens (primary N) is 1. The first-order chi connectivity index (χ1) is 15.1. The number of nitrogens with zero attached hydrogens (tertiary/aromatic N) is 2. The molecule has 1 aliphatic carbocycles. The van der Waals surface area contributed by atoms with Crippen molar-refractivity contribution in [3.05, 3.63) is 36.2 Å². The summed E-state index contributed by atoms with van der Waals surface area (Å²) < 4.78 is 36.2. The lowest BCUT2D eigenvalue weighted by molar-refractivity contribution is -0.286. The molecule has 2 aromatic rings. The van der Waals surface area contributed by atoms with E-state index in [1.165, 1.54) is 12.1 Å². The molecule has 1 saturated carbocycles. The summed E-state index contributed by atoms with van der Waals surface area (Å²) >= 11 is 0. The Kier molecular flexibility index (Phi) is 4.77. The maximum atomic E-state index is 13.5. The number of fused-ring (bicyclic) bond motifs is 1. The number of hydrogen-bond donors (Lipinski definition) is 2. The summed E-state index contributed by atoms with van der Waals surface area (Å²) in [5, 5.41) is 3.09. The summed E-state index contributed by atoms with van der Waals surface area (Å²) in [7, 11) is 0. The summed E-state index contributed by atoms with van der Waals surface area (Å²) in [6.07, 6.45) is 2.50. The van der Waals surface area contributed by atoms with Gasteiger partial charge in [-0.05, 0) is 56.7 Å². The smallest absolute Gasteiger partial charge is 0.395 e. The summed E-state index contributed by atoms with van der Waals surface area (Å²) in [5.41, 5.74) is 8.36. The van der Waals surface area contributed by atoms with Gasteiger partial charge in [0.25, 0.3) is 5.91 Å². The van der Waals surface area contributed by atoms with Crippen molar-refractivity contribution in [3.8, 4) is 22.6 Å². The number of benzene rings is 1. The number of amides is 1. The molecule has 3 aliphatic rings. The molecule has 3 heterocycles. The molecule has 32 heavy (non-hydrogen) atoms. The molecule has 3 N–H and O–H groups in total. The number of ether oxygens (including phenoxy) is 2. The predicted molar refractivity (Wildman–Crippen MR) is 115 cm³/mol. The van der Waals surface area contributed by atoms with E-state index < -0.39 is 11.8 Å². The van der Waals surface area contributed by atoms with E-state index >= 15 is 0 Å². The fourth-order valence-corrected chi connectivity index (χ4v) is 4.46. The minimum absolute atomic E-state index is 0.0314. The molecule has 0 radical (unpaired) electrons. The average Bonchev–Trinajstić information content (AvgIpc) is 3.44. The molecular weight excluding hydrogens is 418 g/mol. The van der Waals surface area contributed by atoms with E-state index in [2.05, 4.69) is 24.7 Å². The van der Waals surface area contributed by atoms with Crippen LogP contribution in [0, 0.1) is 5.92 Å². The molecule has 2 fully saturated rings. The lowest BCUT2D eigenvalue weighted by Crippen LogP contribution is -2.40. The fourth-order valence-electron chi connectivity index (χ4n) is 4.46. The Bertz CT molecular complexity index is 1070. The Hall–Kier alpha value is -2.94. The van der Waals surface area contributed by atoms with Crippen LogP contribution in [-0.2, 0) is 0 Å². The van der Waals surface area contributed by atoms with Gasteiger partial charge in [0.15, 0.2) is 11.5 Å². The summed E-state index contributed by atoms with van der Waals surface area (Å²) in [6, 6.07) is 4.67. The van der Waals surface area contributed by atoms with Crippen molar-refractivity contribution >= 4 is 11.6 Å². The Morgan fingerprint density at radius 2 is 2.03 bits per heavy atom. The van der Waals surface area contributed by atoms with Gasteiger partial charge in [-0.3, -0.25) is 9.78 Å². The second kappa shape index (κ2) is 7.30. The number of rotatable bonds is 5. The molecule has 1 aromatic carbocycles. The summed E-state index contributed by atoms with van der Waals surface area (Å²) in [5.74, 6) is 0.219. The molecule has 1 unspecified atom stereocenters. The number of nitrogens with one attached hydrogen (secondary N) is 1. The number of hydrogen-bond acceptors (Lipinski definition) is 6. The van der Waals surface area contributed by atoms with Gasteiger partial charge in [0, 0.05) is 42.6 Å². The van der Waals surface area contributed by atoms with Crippen LogP contribution < -0.4 is 25.4 Å². The van der Waals surface area contributed by atoms with Crippen LogP contribution in [-0.4, -0.2) is 41.9 Å². The van der Waals surface area contributed by atoms with Crippen LogP contribution in [0.15, 0.2) is 30.6 Å². The minimum Gasteiger partial charge on any atom is -0.395 e. The maximum Gasteiger partial charge on any atom is 0.586 e. The zero-order valence-corrected chi connectivity index (χ0v) is 18.0. The molecule has 2 aliphatic heterocycles. The minimum atomic E-state index is -3.70. The first kappa shape index (κ1) is 20.9. The molecule has 7 nitrogen and oxygen atoms in total. The Morgan fingerprint density at radius 3 is 2.72 bits per heavy atom. The molecule has 2 atom stereocenters. The van der Waals surface area contributed by atoms with Crippen molar-refractivity contribution in [1.82, 2.24) is 10.3 Å². The molecule has 5 rings (SSSR count). The highest BCUT2D eigenvalue weighted by Crippen LogP contribution is 2.45. The lowest BCUT2D eigenvalue weighted by Gasteiger charge is -2.27. The molecule has 1 amide bonds. The third kappa shape index (κ3) is 3.97. The van der Waals surface area contributed by atoms with E-state index in [-0.39, 0.29) is 23.4 Å². The standard InChI is InChI=1S/C23H26F2N4O3/c1-13(14-3-4-14)28-21(30)17-11-27-10-16(20(17)29-8-7-22(2,26)12-29)15-5-6-18-19(9-15)32-23(24,25)31-18/h5-6,9-11,13-14H,3-4,7-8,12,26H2,1-2H3,(H,28,30)/t13?,22-/m0/s1. The first-order valence-corrected chi connectivity index (χ1v) is 10.8. The lowest BCUT2D eigenvalue weighted by atomic mass is 10.00. The molecule has 1 aromatic heterocycles. The first-order valence-electron chi connectivity index (χ1n) is 10.8. The van der Waals surface area contributed by atoms with Gasteiger partial charge in [0.05, 0.1) is 11.3 Å². The topological polar surface area (TPSA) is 89.7 Å². The van der Waals surface area contributed by atoms with Gasteiger partial charge < -0.3 is 25.4 Å². The van der Waals surface area contributed by atoms with E-state index in [4.69, 9.17) is 5.73 Å². The van der Waals surface area contributed by atoms with Gasteiger partial charge in [-0.1, -0.05) is 6.07 Å². The molecule has 0 bridgehead atoms. The largest absolute Gasteiger partial charge is 0.586 e. The van der Waals surface area contributed by atoms with Crippen LogP contribution >= 0.6 is 0 Å². The second-order valence-corrected chi connectivity index (χ2v) is 9.34. The number of pyridine rings is 1. The van der Waals surface area contributed by atoms with E-state index in [0.29, 0.717) is 41.4 Å². The Morgan fingerprint density at radius 1 is 1.28 bits per heavy atom. The molecule has 170 valence electrons. The van der Waals surface area contributed by atoms with Crippen molar-refractivity contribution in [3.63, 3.8) is 0 Å². The molecule has 1 saturated heterocycles. The van der Waals surface area contributed by atoms with Crippen LogP contribution in [0.5, 0.6) is 11.5 Å². The third-order valence-electron chi connectivity index (χ3n) is 6.38. The molecule has 9 heteroatoms. The van der Waals surface area contributed by atoms with Crippen LogP contribution in [0.3, 0.4) is 0 Å². The summed E-state index contributed by atoms with van der Waals surface area (Å²) in [4.78, 5) is 19.6. The zero-order valence-electron chi connectivity index (χ0n) is 18.0. The number of carbonyl (C=O) groups is 1. The van der Waals surface area contributed by atoms with Gasteiger partial charge in [-0.2, -0.15) is 0 Å². The van der Waals surface area contributed by atoms with Gasteiger partial charge in [0.1, 0.15) is 0 Å².